The number of rotatable bonds is 9. The van der Waals surface area contributed by atoms with E-state index in [9.17, 15) is 9.59 Å². The molecule has 7 heteroatoms. The summed E-state index contributed by atoms with van der Waals surface area (Å²) < 4.78 is 16.4. The van der Waals surface area contributed by atoms with Gasteiger partial charge in [0.1, 0.15) is 23.0 Å². The van der Waals surface area contributed by atoms with E-state index in [0.717, 1.165) is 11.3 Å². The van der Waals surface area contributed by atoms with Crippen LogP contribution in [0.3, 0.4) is 0 Å². The molecule has 156 valence electrons. The van der Waals surface area contributed by atoms with Crippen LogP contribution >= 0.6 is 0 Å². The van der Waals surface area contributed by atoms with Gasteiger partial charge in [-0.25, -0.2) is 0 Å². The molecular weight excluding hydrogens is 384 g/mol. The zero-order valence-corrected chi connectivity index (χ0v) is 17.0. The molecule has 0 radical (unpaired) electrons. The molecule has 0 bridgehead atoms. The van der Waals surface area contributed by atoms with Crippen molar-refractivity contribution in [1.29, 1.82) is 0 Å². The molecule has 0 spiro atoms. The molecule has 0 fully saturated rings. The molecule has 1 aromatic heterocycles. The maximum absolute atomic E-state index is 12.2. The standard InChI is InChI=1S/C23H24N2O5/c1-17-5-7-19(8-6-17)30-20-11-9-18(10-12-20)29-16-23(27)25(2)15-22(26)24-14-21-4-3-13-28-21/h3-13H,14-16H2,1-2H3,(H,24,26). The van der Waals surface area contributed by atoms with Crippen molar-refractivity contribution in [2.45, 2.75) is 13.5 Å². The molecule has 3 aromatic rings. The van der Waals surface area contributed by atoms with Crippen LogP contribution in [0.15, 0.2) is 71.3 Å². The number of ether oxygens (including phenoxy) is 2. The minimum absolute atomic E-state index is 0.0633. The number of benzene rings is 2. The second-order valence-electron chi connectivity index (χ2n) is 6.78. The number of carbonyl (C=O) groups is 2. The number of likely N-dealkylation sites (N-methyl/N-ethyl adjacent to an activating group) is 1. The number of nitrogens with zero attached hydrogens (tertiary/aromatic N) is 1. The molecule has 0 saturated heterocycles. The van der Waals surface area contributed by atoms with Crippen LogP contribution in [-0.4, -0.2) is 36.9 Å². The Morgan fingerprint density at radius 3 is 2.23 bits per heavy atom. The molecule has 0 unspecified atom stereocenters. The van der Waals surface area contributed by atoms with Crippen molar-refractivity contribution in [3.63, 3.8) is 0 Å². The van der Waals surface area contributed by atoms with E-state index in [1.807, 2.05) is 31.2 Å². The minimum Gasteiger partial charge on any atom is -0.484 e. The van der Waals surface area contributed by atoms with E-state index in [1.54, 1.807) is 43.4 Å². The van der Waals surface area contributed by atoms with E-state index in [4.69, 9.17) is 13.9 Å². The highest BCUT2D eigenvalue weighted by molar-refractivity contribution is 5.85. The highest BCUT2D eigenvalue weighted by atomic mass is 16.5. The minimum atomic E-state index is -0.303. The lowest BCUT2D eigenvalue weighted by atomic mass is 10.2. The number of hydrogen-bond acceptors (Lipinski definition) is 5. The largest absolute Gasteiger partial charge is 0.484 e. The van der Waals surface area contributed by atoms with Crippen LogP contribution in [0, 0.1) is 6.92 Å². The lowest BCUT2D eigenvalue weighted by Gasteiger charge is -2.17. The van der Waals surface area contributed by atoms with Crippen LogP contribution < -0.4 is 14.8 Å². The first-order chi connectivity index (χ1) is 14.5. The molecule has 0 atom stereocenters. The van der Waals surface area contributed by atoms with Gasteiger partial charge in [0.15, 0.2) is 6.61 Å². The number of carbonyl (C=O) groups excluding carboxylic acids is 2. The Bertz CT molecular complexity index is 950. The predicted molar refractivity (Wildman–Crippen MR) is 111 cm³/mol. The molecule has 2 aromatic carbocycles. The highest BCUT2D eigenvalue weighted by Gasteiger charge is 2.14. The summed E-state index contributed by atoms with van der Waals surface area (Å²) in [6, 6.07) is 18.3. The third kappa shape index (κ3) is 6.41. The van der Waals surface area contributed by atoms with Gasteiger partial charge in [-0.05, 0) is 55.5 Å². The molecule has 3 rings (SSSR count). The molecule has 0 aliphatic carbocycles. The van der Waals surface area contributed by atoms with Crippen molar-refractivity contribution in [2.24, 2.45) is 0 Å². The predicted octanol–water partition coefficient (Wildman–Crippen LogP) is 3.53. The van der Waals surface area contributed by atoms with Gasteiger partial charge in [0.25, 0.3) is 5.91 Å². The van der Waals surface area contributed by atoms with E-state index < -0.39 is 0 Å². The van der Waals surface area contributed by atoms with Gasteiger partial charge in [-0.1, -0.05) is 17.7 Å². The summed E-state index contributed by atoms with van der Waals surface area (Å²) in [7, 11) is 1.55. The zero-order chi connectivity index (χ0) is 21.3. The third-order valence-electron chi connectivity index (χ3n) is 4.29. The number of nitrogens with one attached hydrogen (secondary N) is 1. The fourth-order valence-electron chi connectivity index (χ4n) is 2.56. The van der Waals surface area contributed by atoms with E-state index in [2.05, 4.69) is 5.32 Å². The van der Waals surface area contributed by atoms with Crippen molar-refractivity contribution < 1.29 is 23.5 Å². The van der Waals surface area contributed by atoms with Gasteiger partial charge in [-0.3, -0.25) is 9.59 Å². The molecule has 1 heterocycles. The fraction of sp³-hybridized carbons (Fsp3) is 0.217. The van der Waals surface area contributed by atoms with Crippen LogP contribution in [0.5, 0.6) is 17.2 Å². The normalized spacial score (nSPS) is 10.3. The molecule has 1 N–H and O–H groups in total. The van der Waals surface area contributed by atoms with Crippen molar-refractivity contribution in [3.8, 4) is 17.2 Å². The molecule has 0 aliphatic heterocycles. The Morgan fingerprint density at radius 2 is 1.60 bits per heavy atom. The summed E-state index contributed by atoms with van der Waals surface area (Å²) in [4.78, 5) is 25.4. The number of aryl methyl sites for hydroxylation is 1. The maximum Gasteiger partial charge on any atom is 0.260 e. The molecule has 2 amide bonds. The van der Waals surface area contributed by atoms with Crippen LogP contribution in [0.4, 0.5) is 0 Å². The van der Waals surface area contributed by atoms with Gasteiger partial charge in [0.2, 0.25) is 5.91 Å². The zero-order valence-electron chi connectivity index (χ0n) is 17.0. The highest BCUT2D eigenvalue weighted by Crippen LogP contribution is 2.24. The van der Waals surface area contributed by atoms with Crippen LogP contribution in [0.1, 0.15) is 11.3 Å². The summed E-state index contributed by atoms with van der Waals surface area (Å²) in [6.07, 6.45) is 1.54. The Hall–Kier alpha value is -3.74. The quantitative estimate of drug-likeness (QED) is 0.586. The number of furan rings is 1. The average molecular weight is 408 g/mol. The van der Waals surface area contributed by atoms with Gasteiger partial charge >= 0.3 is 0 Å². The molecule has 0 saturated carbocycles. The van der Waals surface area contributed by atoms with Crippen molar-refractivity contribution in [2.75, 3.05) is 20.2 Å². The average Bonchev–Trinajstić information content (AvgIpc) is 3.27. The first kappa shape index (κ1) is 21.0. The Balaban J connectivity index is 1.41. The van der Waals surface area contributed by atoms with Gasteiger partial charge in [0, 0.05) is 7.05 Å². The summed E-state index contributed by atoms with van der Waals surface area (Å²) in [6.45, 7) is 2.07. The van der Waals surface area contributed by atoms with Gasteiger partial charge in [0.05, 0.1) is 19.4 Å². The second kappa shape index (κ2) is 10.2. The molecule has 7 nitrogen and oxygen atoms in total. The lowest BCUT2D eigenvalue weighted by molar-refractivity contribution is -0.136. The van der Waals surface area contributed by atoms with E-state index in [1.165, 1.54) is 11.2 Å². The smallest absolute Gasteiger partial charge is 0.260 e. The Morgan fingerprint density at radius 1 is 0.967 bits per heavy atom. The summed E-state index contributed by atoms with van der Waals surface area (Å²) in [5.41, 5.74) is 1.16. The summed E-state index contributed by atoms with van der Waals surface area (Å²) in [5.74, 6) is 2.02. The van der Waals surface area contributed by atoms with E-state index >= 15 is 0 Å². The number of amides is 2. The SMILES string of the molecule is Cc1ccc(Oc2ccc(OCC(=O)N(C)CC(=O)NCc3ccco3)cc2)cc1. The summed E-state index contributed by atoms with van der Waals surface area (Å²) in [5, 5.41) is 2.69. The summed E-state index contributed by atoms with van der Waals surface area (Å²) >= 11 is 0. The van der Waals surface area contributed by atoms with E-state index in [0.29, 0.717) is 17.3 Å². The number of hydrogen-bond donors (Lipinski definition) is 1. The van der Waals surface area contributed by atoms with Crippen LogP contribution in [0.25, 0.3) is 0 Å². The first-order valence-electron chi connectivity index (χ1n) is 9.50. The first-order valence-corrected chi connectivity index (χ1v) is 9.50. The van der Waals surface area contributed by atoms with Crippen molar-refractivity contribution in [3.05, 3.63) is 78.3 Å². The maximum atomic E-state index is 12.2. The Kier molecular flexibility index (Phi) is 7.10. The topological polar surface area (TPSA) is 81.0 Å². The Labute approximate surface area is 175 Å². The van der Waals surface area contributed by atoms with Crippen LogP contribution in [0.2, 0.25) is 0 Å². The van der Waals surface area contributed by atoms with Gasteiger partial charge < -0.3 is 24.1 Å². The third-order valence-corrected chi connectivity index (χ3v) is 4.29. The molecular formula is C23H24N2O5. The molecule has 0 aliphatic rings. The van der Waals surface area contributed by atoms with Crippen molar-refractivity contribution >= 4 is 11.8 Å². The van der Waals surface area contributed by atoms with Crippen molar-refractivity contribution in [1.82, 2.24) is 10.2 Å². The second-order valence-corrected chi connectivity index (χ2v) is 6.78. The van der Waals surface area contributed by atoms with Crippen LogP contribution in [-0.2, 0) is 16.1 Å². The van der Waals surface area contributed by atoms with E-state index in [-0.39, 0.29) is 31.5 Å². The van der Waals surface area contributed by atoms with Gasteiger partial charge in [-0.2, -0.15) is 0 Å². The molecule has 30 heavy (non-hydrogen) atoms. The lowest BCUT2D eigenvalue weighted by Crippen LogP contribution is -2.40. The van der Waals surface area contributed by atoms with Gasteiger partial charge in [-0.15, -0.1) is 0 Å². The monoisotopic (exact) mass is 408 g/mol. The fourth-order valence-corrected chi connectivity index (χ4v) is 2.56.